The van der Waals surface area contributed by atoms with Crippen molar-refractivity contribution in [2.24, 2.45) is 0 Å². The number of halogens is 4. The molecule has 1 atom stereocenters. The minimum Gasteiger partial charge on any atom is -0.505 e. The zero-order valence-corrected chi connectivity index (χ0v) is 6.72. The molecule has 0 heterocycles. The van der Waals surface area contributed by atoms with Gasteiger partial charge in [0.05, 0.1) is 0 Å². The van der Waals surface area contributed by atoms with E-state index in [1.807, 2.05) is 0 Å². The first-order valence-corrected chi connectivity index (χ1v) is 3.56. The van der Waals surface area contributed by atoms with Crippen molar-refractivity contribution in [1.29, 1.82) is 0 Å². The molecule has 2 N–H and O–H groups in total. The Morgan fingerprint density at radius 3 is 2.29 bits per heavy atom. The summed E-state index contributed by atoms with van der Waals surface area (Å²) in [6.45, 7) is 0. The number of hydrogen-bond acceptors (Lipinski definition) is 2. The van der Waals surface area contributed by atoms with E-state index in [-0.39, 0.29) is 0 Å². The van der Waals surface area contributed by atoms with Gasteiger partial charge in [0, 0.05) is 5.56 Å². The zero-order valence-electron chi connectivity index (χ0n) is 6.72. The summed E-state index contributed by atoms with van der Waals surface area (Å²) in [6, 6.07) is 2.57. The van der Waals surface area contributed by atoms with E-state index in [0.717, 1.165) is 18.2 Å². The molecule has 1 aromatic rings. The normalized spacial score (nSPS) is 14.1. The van der Waals surface area contributed by atoms with E-state index in [9.17, 15) is 17.6 Å². The number of hydrogen-bond donors (Lipinski definition) is 2. The van der Waals surface area contributed by atoms with Gasteiger partial charge in [-0.3, -0.25) is 0 Å². The van der Waals surface area contributed by atoms with Crippen molar-refractivity contribution in [3.05, 3.63) is 29.6 Å². The van der Waals surface area contributed by atoms with Crippen LogP contribution >= 0.6 is 0 Å². The summed E-state index contributed by atoms with van der Waals surface area (Å²) >= 11 is 0. The van der Waals surface area contributed by atoms with Crippen LogP contribution in [0, 0.1) is 5.82 Å². The third-order valence-electron chi connectivity index (χ3n) is 1.62. The molecule has 0 fully saturated rings. The predicted octanol–water partition coefficient (Wildman–Crippen LogP) is 2.13. The molecule has 78 valence electrons. The van der Waals surface area contributed by atoms with Crippen LogP contribution in [0.3, 0.4) is 0 Å². The molecule has 0 aromatic heterocycles. The topological polar surface area (TPSA) is 40.5 Å². The fourth-order valence-electron chi connectivity index (χ4n) is 0.929. The van der Waals surface area contributed by atoms with Gasteiger partial charge >= 0.3 is 6.18 Å². The van der Waals surface area contributed by atoms with Gasteiger partial charge < -0.3 is 10.2 Å². The average Bonchev–Trinajstić information content (AvgIpc) is 2.07. The smallest absolute Gasteiger partial charge is 0.418 e. The van der Waals surface area contributed by atoms with Gasteiger partial charge in [-0.05, 0) is 6.07 Å². The lowest BCUT2D eigenvalue weighted by Crippen LogP contribution is -2.20. The Bertz CT molecular complexity index is 335. The highest BCUT2D eigenvalue weighted by Crippen LogP contribution is 2.37. The lowest BCUT2D eigenvalue weighted by molar-refractivity contribution is -0.207. The minimum absolute atomic E-state index is 0.794. The highest BCUT2D eigenvalue weighted by Gasteiger charge is 2.41. The highest BCUT2D eigenvalue weighted by molar-refractivity contribution is 5.35. The number of para-hydroxylation sites is 1. The summed E-state index contributed by atoms with van der Waals surface area (Å²) in [5.74, 6) is -2.39. The second-order valence-electron chi connectivity index (χ2n) is 2.62. The van der Waals surface area contributed by atoms with E-state index in [2.05, 4.69) is 0 Å². The first kappa shape index (κ1) is 10.8. The molecule has 1 aromatic carbocycles. The number of aliphatic hydroxyl groups excluding tert-OH is 1. The molecule has 14 heavy (non-hydrogen) atoms. The second kappa shape index (κ2) is 3.45. The minimum atomic E-state index is -4.93. The van der Waals surface area contributed by atoms with Gasteiger partial charge in [0.25, 0.3) is 0 Å². The Kier molecular flexibility index (Phi) is 2.66. The number of benzene rings is 1. The van der Waals surface area contributed by atoms with Crippen LogP contribution in [0.5, 0.6) is 5.75 Å². The maximum atomic E-state index is 12.6. The molecule has 0 aliphatic carbocycles. The first-order valence-electron chi connectivity index (χ1n) is 3.56. The van der Waals surface area contributed by atoms with Crippen molar-refractivity contribution in [2.75, 3.05) is 0 Å². The number of rotatable bonds is 1. The summed E-state index contributed by atoms with van der Waals surface area (Å²) in [7, 11) is 0. The van der Waals surface area contributed by atoms with Crippen molar-refractivity contribution in [3.63, 3.8) is 0 Å². The van der Waals surface area contributed by atoms with E-state index in [0.29, 0.717) is 0 Å². The van der Waals surface area contributed by atoms with Crippen LogP contribution < -0.4 is 0 Å². The molecule has 0 amide bonds. The largest absolute Gasteiger partial charge is 0.505 e. The molecule has 0 bridgehead atoms. The van der Waals surface area contributed by atoms with Gasteiger partial charge in [0.1, 0.15) is 0 Å². The molecular formula is C8H6F4O2. The molecule has 0 unspecified atom stereocenters. The van der Waals surface area contributed by atoms with Crippen molar-refractivity contribution < 1.29 is 27.8 Å². The molecule has 1 rings (SSSR count). The maximum absolute atomic E-state index is 12.6. The standard InChI is InChI=1S/C8H6F4O2/c9-5-3-1-2-4(6(5)13)7(14)8(10,11)12/h1-3,7,13-14H/t7-/m1/s1. The third kappa shape index (κ3) is 1.95. The van der Waals surface area contributed by atoms with Crippen molar-refractivity contribution in [1.82, 2.24) is 0 Å². The third-order valence-corrected chi connectivity index (χ3v) is 1.62. The summed E-state index contributed by atoms with van der Waals surface area (Å²) < 4.78 is 48.5. The van der Waals surface area contributed by atoms with Crippen LogP contribution in [0.2, 0.25) is 0 Å². The molecule has 0 spiro atoms. The molecular weight excluding hydrogens is 204 g/mol. The molecule has 0 aliphatic heterocycles. The second-order valence-corrected chi connectivity index (χ2v) is 2.62. The monoisotopic (exact) mass is 210 g/mol. The maximum Gasteiger partial charge on any atom is 0.418 e. The quantitative estimate of drug-likeness (QED) is 0.697. The van der Waals surface area contributed by atoms with Crippen LogP contribution in [0.15, 0.2) is 18.2 Å². The average molecular weight is 210 g/mol. The van der Waals surface area contributed by atoms with E-state index in [1.165, 1.54) is 0 Å². The number of aliphatic hydroxyl groups is 1. The molecule has 0 radical (unpaired) electrons. The predicted molar refractivity (Wildman–Crippen MR) is 39.1 cm³/mol. The molecule has 0 saturated heterocycles. The van der Waals surface area contributed by atoms with Crippen LogP contribution in [0.4, 0.5) is 17.6 Å². The van der Waals surface area contributed by atoms with Gasteiger partial charge in [0.15, 0.2) is 17.7 Å². The Morgan fingerprint density at radius 1 is 1.21 bits per heavy atom. The highest BCUT2D eigenvalue weighted by atomic mass is 19.4. The number of aromatic hydroxyl groups is 1. The lowest BCUT2D eigenvalue weighted by Gasteiger charge is -2.15. The van der Waals surface area contributed by atoms with Crippen LogP contribution in [0.1, 0.15) is 11.7 Å². The van der Waals surface area contributed by atoms with Gasteiger partial charge in [-0.2, -0.15) is 13.2 Å². The van der Waals surface area contributed by atoms with Crippen LogP contribution in [-0.4, -0.2) is 16.4 Å². The van der Waals surface area contributed by atoms with Crippen LogP contribution in [0.25, 0.3) is 0 Å². The van der Waals surface area contributed by atoms with E-state index < -0.39 is 29.4 Å². The molecule has 0 saturated carbocycles. The fourth-order valence-corrected chi connectivity index (χ4v) is 0.929. The van der Waals surface area contributed by atoms with Crippen LogP contribution in [-0.2, 0) is 0 Å². The summed E-state index contributed by atoms with van der Waals surface area (Å²) in [6.07, 6.45) is -7.80. The van der Waals surface area contributed by atoms with Gasteiger partial charge in [-0.1, -0.05) is 12.1 Å². The van der Waals surface area contributed by atoms with Crippen molar-refractivity contribution in [2.45, 2.75) is 12.3 Å². The summed E-state index contributed by atoms with van der Waals surface area (Å²) in [4.78, 5) is 0. The molecule has 6 heteroatoms. The zero-order chi connectivity index (χ0) is 10.9. The van der Waals surface area contributed by atoms with E-state index in [4.69, 9.17) is 10.2 Å². The Balaban J connectivity index is 3.14. The van der Waals surface area contributed by atoms with Crippen molar-refractivity contribution >= 4 is 0 Å². The van der Waals surface area contributed by atoms with E-state index >= 15 is 0 Å². The first-order chi connectivity index (χ1) is 6.34. The number of phenols is 1. The fraction of sp³-hybridized carbons (Fsp3) is 0.250. The summed E-state index contributed by atoms with van der Waals surface area (Å²) in [5, 5.41) is 17.6. The number of phenolic OH excluding ortho intramolecular Hbond substituents is 1. The Hall–Kier alpha value is -1.30. The van der Waals surface area contributed by atoms with Crippen molar-refractivity contribution in [3.8, 4) is 5.75 Å². The SMILES string of the molecule is Oc1c(F)cccc1[C@@H](O)C(F)(F)F. The number of alkyl halides is 3. The van der Waals surface area contributed by atoms with E-state index in [1.54, 1.807) is 0 Å². The van der Waals surface area contributed by atoms with Gasteiger partial charge in [-0.15, -0.1) is 0 Å². The summed E-state index contributed by atoms with van der Waals surface area (Å²) in [5.41, 5.74) is -0.891. The lowest BCUT2D eigenvalue weighted by atomic mass is 10.1. The van der Waals surface area contributed by atoms with Gasteiger partial charge in [0.2, 0.25) is 0 Å². The molecule has 0 aliphatic rings. The molecule has 2 nitrogen and oxygen atoms in total. The Morgan fingerprint density at radius 2 is 1.79 bits per heavy atom. The van der Waals surface area contributed by atoms with Gasteiger partial charge in [-0.25, -0.2) is 4.39 Å². The Labute approximate surface area is 76.4 Å².